The minimum atomic E-state index is 0.0999. The van der Waals surface area contributed by atoms with Gasteiger partial charge in [0.05, 0.1) is 0 Å². The number of piperidine rings is 1. The van der Waals surface area contributed by atoms with Crippen molar-refractivity contribution in [1.29, 1.82) is 0 Å². The lowest BCUT2D eigenvalue weighted by Crippen LogP contribution is -2.55. The van der Waals surface area contributed by atoms with Crippen LogP contribution in [0.5, 0.6) is 0 Å². The van der Waals surface area contributed by atoms with Crippen molar-refractivity contribution in [1.82, 2.24) is 15.5 Å². The highest BCUT2D eigenvalue weighted by Gasteiger charge is 2.57. The number of likely N-dealkylation sites (tertiary alicyclic amines) is 1. The first-order chi connectivity index (χ1) is 14.4. The van der Waals surface area contributed by atoms with Gasteiger partial charge in [-0.3, -0.25) is 4.79 Å². The van der Waals surface area contributed by atoms with E-state index in [1.165, 1.54) is 57.8 Å². The number of rotatable bonds is 4. The number of nitrogens with one attached hydrogen (secondary N) is 2. The second kappa shape index (κ2) is 8.29. The minimum Gasteiger partial charge on any atom is -0.353 e. The maximum absolute atomic E-state index is 13.0. The molecule has 1 heterocycles. The second-order valence-electron chi connectivity index (χ2n) is 11.4. The van der Waals surface area contributed by atoms with Gasteiger partial charge in [0.2, 0.25) is 5.91 Å². The van der Waals surface area contributed by atoms with Crippen LogP contribution in [0.15, 0.2) is 0 Å². The number of hydrogen-bond acceptors (Lipinski definition) is 2. The summed E-state index contributed by atoms with van der Waals surface area (Å²) in [6, 6.07) is 0.688. The number of halogens is 1. The summed E-state index contributed by atoms with van der Waals surface area (Å²) in [5.74, 6) is 1.90. The van der Waals surface area contributed by atoms with Crippen molar-refractivity contribution in [3.8, 4) is 0 Å². The fraction of sp³-hybridized carbons (Fsp3) is 0.917. The van der Waals surface area contributed by atoms with Crippen LogP contribution >= 0.6 is 15.9 Å². The summed E-state index contributed by atoms with van der Waals surface area (Å²) in [7, 11) is 0. The average Bonchev–Trinajstić information content (AvgIpc) is 2.67. The first-order valence-corrected chi connectivity index (χ1v) is 13.2. The predicted molar refractivity (Wildman–Crippen MR) is 122 cm³/mol. The van der Waals surface area contributed by atoms with E-state index < -0.39 is 0 Å². The molecule has 5 aliphatic carbocycles. The fourth-order valence-electron chi connectivity index (χ4n) is 7.90. The van der Waals surface area contributed by atoms with Crippen LogP contribution in [0.4, 0.5) is 4.79 Å². The SMILES string of the molecule is O=C(CC12CC3CC(CC(Br)(C3)C1)C2)NC1CCN(C(=O)NC2CCCCC2)CC1. The Morgan fingerprint density at radius 2 is 1.50 bits per heavy atom. The highest BCUT2D eigenvalue weighted by molar-refractivity contribution is 9.10. The van der Waals surface area contributed by atoms with E-state index in [2.05, 4.69) is 26.6 Å². The summed E-state index contributed by atoms with van der Waals surface area (Å²) < 4.78 is 0.314. The van der Waals surface area contributed by atoms with Gasteiger partial charge in [-0.25, -0.2) is 4.79 Å². The largest absolute Gasteiger partial charge is 0.353 e. The van der Waals surface area contributed by atoms with Crippen molar-refractivity contribution in [3.63, 3.8) is 0 Å². The van der Waals surface area contributed by atoms with E-state index in [9.17, 15) is 9.59 Å². The topological polar surface area (TPSA) is 61.4 Å². The van der Waals surface area contributed by atoms with Crippen LogP contribution in [0.1, 0.15) is 89.9 Å². The van der Waals surface area contributed by atoms with Crippen LogP contribution in [0.25, 0.3) is 0 Å². The molecule has 6 rings (SSSR count). The van der Waals surface area contributed by atoms with Crippen molar-refractivity contribution in [3.05, 3.63) is 0 Å². The van der Waals surface area contributed by atoms with Crippen molar-refractivity contribution in [2.75, 3.05) is 13.1 Å². The van der Waals surface area contributed by atoms with E-state index in [1.807, 2.05) is 4.90 Å². The Morgan fingerprint density at radius 1 is 0.867 bits per heavy atom. The van der Waals surface area contributed by atoms with Gasteiger partial charge in [0, 0.05) is 35.9 Å². The van der Waals surface area contributed by atoms with Crippen LogP contribution in [0.3, 0.4) is 0 Å². The Hall–Kier alpha value is -0.780. The molecule has 6 heteroatoms. The molecular weight excluding hydrogens is 442 g/mol. The van der Waals surface area contributed by atoms with E-state index >= 15 is 0 Å². The number of carbonyl (C=O) groups excluding carboxylic acids is 2. The minimum absolute atomic E-state index is 0.0999. The van der Waals surface area contributed by atoms with Crippen LogP contribution in [0.2, 0.25) is 0 Å². The highest BCUT2D eigenvalue weighted by atomic mass is 79.9. The van der Waals surface area contributed by atoms with E-state index in [-0.39, 0.29) is 23.4 Å². The Balaban J connectivity index is 1.08. The maximum Gasteiger partial charge on any atom is 0.317 e. The Morgan fingerprint density at radius 3 is 2.13 bits per heavy atom. The molecular formula is C24H38BrN3O2. The lowest BCUT2D eigenvalue weighted by atomic mass is 9.48. The van der Waals surface area contributed by atoms with Crippen molar-refractivity contribution in [2.45, 2.75) is 106 Å². The third-order valence-corrected chi connectivity index (χ3v) is 9.65. The second-order valence-corrected chi connectivity index (χ2v) is 13.1. The van der Waals surface area contributed by atoms with Crippen molar-refractivity contribution in [2.24, 2.45) is 17.3 Å². The van der Waals surface area contributed by atoms with Gasteiger partial charge in [-0.05, 0) is 81.5 Å². The van der Waals surface area contributed by atoms with E-state index in [0.29, 0.717) is 16.8 Å². The molecule has 1 saturated heterocycles. The van der Waals surface area contributed by atoms with E-state index in [4.69, 9.17) is 0 Å². The predicted octanol–water partition coefficient (Wildman–Crippen LogP) is 4.73. The van der Waals surface area contributed by atoms with Crippen LogP contribution in [-0.4, -0.2) is 46.3 Å². The summed E-state index contributed by atoms with van der Waals surface area (Å²) in [6.45, 7) is 1.51. The maximum atomic E-state index is 13.0. The van der Waals surface area contributed by atoms with Crippen LogP contribution in [0, 0.1) is 17.3 Å². The summed E-state index contributed by atoms with van der Waals surface area (Å²) in [4.78, 5) is 27.5. The molecule has 4 bridgehead atoms. The molecule has 2 unspecified atom stereocenters. The summed E-state index contributed by atoms with van der Waals surface area (Å²) >= 11 is 4.06. The van der Waals surface area contributed by atoms with Crippen molar-refractivity contribution < 1.29 is 9.59 Å². The molecule has 168 valence electrons. The van der Waals surface area contributed by atoms with Gasteiger partial charge in [-0.2, -0.15) is 0 Å². The number of alkyl halides is 1. The smallest absolute Gasteiger partial charge is 0.317 e. The lowest BCUT2D eigenvalue weighted by molar-refractivity contribution is -0.129. The molecule has 0 aromatic heterocycles. The normalized spacial score (nSPS) is 39.2. The van der Waals surface area contributed by atoms with E-state index in [1.54, 1.807) is 0 Å². The number of urea groups is 1. The third kappa shape index (κ3) is 4.54. The Bertz CT molecular complexity index is 655. The number of carbonyl (C=O) groups is 2. The first kappa shape index (κ1) is 21.1. The van der Waals surface area contributed by atoms with Gasteiger partial charge in [-0.1, -0.05) is 35.2 Å². The van der Waals surface area contributed by atoms with E-state index in [0.717, 1.165) is 50.6 Å². The Labute approximate surface area is 189 Å². The molecule has 2 N–H and O–H groups in total. The molecule has 0 spiro atoms. The monoisotopic (exact) mass is 479 g/mol. The molecule has 3 amide bonds. The quantitative estimate of drug-likeness (QED) is 0.572. The van der Waals surface area contributed by atoms with Crippen LogP contribution in [-0.2, 0) is 4.79 Å². The van der Waals surface area contributed by atoms with Gasteiger partial charge in [0.1, 0.15) is 0 Å². The first-order valence-electron chi connectivity index (χ1n) is 12.4. The average molecular weight is 480 g/mol. The molecule has 0 radical (unpaired) electrons. The molecule has 2 atom stereocenters. The number of nitrogens with zero attached hydrogens (tertiary/aromatic N) is 1. The molecule has 0 aromatic carbocycles. The summed E-state index contributed by atoms with van der Waals surface area (Å²) in [5.41, 5.74) is 0.234. The fourth-order valence-corrected chi connectivity index (χ4v) is 9.41. The highest BCUT2D eigenvalue weighted by Crippen LogP contribution is 2.65. The standard InChI is InChI=1S/C24H38BrN3O2/c25-24-13-17-10-18(14-24)12-23(11-17,16-24)15-21(29)26-20-6-8-28(9-7-20)22(30)27-19-4-2-1-3-5-19/h17-20H,1-16H2,(H,26,29)(H,27,30). The van der Waals surface area contributed by atoms with Gasteiger partial charge < -0.3 is 15.5 Å². The number of amides is 3. The molecule has 30 heavy (non-hydrogen) atoms. The Kier molecular flexibility index (Phi) is 5.83. The zero-order chi connectivity index (χ0) is 20.8. The summed E-state index contributed by atoms with van der Waals surface area (Å²) in [6.07, 6.45) is 16.2. The molecule has 5 saturated carbocycles. The zero-order valence-corrected chi connectivity index (χ0v) is 19.9. The van der Waals surface area contributed by atoms with Gasteiger partial charge in [0.15, 0.2) is 0 Å². The molecule has 6 fully saturated rings. The van der Waals surface area contributed by atoms with Crippen molar-refractivity contribution >= 4 is 27.9 Å². The number of hydrogen-bond donors (Lipinski definition) is 2. The molecule has 5 nitrogen and oxygen atoms in total. The molecule has 6 aliphatic rings. The summed E-state index contributed by atoms with van der Waals surface area (Å²) in [5, 5.41) is 6.56. The third-order valence-electron chi connectivity index (χ3n) is 8.73. The van der Waals surface area contributed by atoms with Gasteiger partial charge in [0.25, 0.3) is 0 Å². The lowest BCUT2D eigenvalue weighted by Gasteiger charge is -2.60. The van der Waals surface area contributed by atoms with Gasteiger partial charge in [-0.15, -0.1) is 0 Å². The zero-order valence-electron chi connectivity index (χ0n) is 18.3. The molecule has 1 aliphatic heterocycles. The van der Waals surface area contributed by atoms with Crippen LogP contribution < -0.4 is 10.6 Å². The van der Waals surface area contributed by atoms with Gasteiger partial charge >= 0.3 is 6.03 Å². The molecule has 0 aromatic rings.